The molecule has 3 rings (SSSR count). The molecule has 2 aromatic rings. The molecule has 0 radical (unpaired) electrons. The van der Waals surface area contributed by atoms with Crippen molar-refractivity contribution in [2.75, 3.05) is 19.0 Å². The van der Waals surface area contributed by atoms with E-state index in [0.29, 0.717) is 13.2 Å². The number of carbonyl (C=O) groups excluding carboxylic acids is 1. The number of aliphatic hydroxyl groups excluding tert-OH is 1. The fourth-order valence-corrected chi connectivity index (χ4v) is 3.29. The molecule has 1 heterocycles. The Morgan fingerprint density at radius 3 is 3.16 bits per heavy atom. The van der Waals surface area contributed by atoms with E-state index in [4.69, 9.17) is 9.84 Å². The summed E-state index contributed by atoms with van der Waals surface area (Å²) in [6.07, 6.45) is 4.59. The van der Waals surface area contributed by atoms with Crippen molar-refractivity contribution >= 4 is 11.7 Å². The largest absolute Gasteiger partial charge is 0.394 e. The van der Waals surface area contributed by atoms with Gasteiger partial charge in [0.1, 0.15) is 0 Å². The van der Waals surface area contributed by atoms with E-state index >= 15 is 0 Å². The van der Waals surface area contributed by atoms with Crippen LogP contribution >= 0.6 is 0 Å². The van der Waals surface area contributed by atoms with E-state index in [0.717, 1.165) is 41.8 Å². The molecular formula is C18H24N4O3. The van der Waals surface area contributed by atoms with Crippen LogP contribution in [-0.4, -0.2) is 34.6 Å². The first kappa shape index (κ1) is 17.4. The number of hydrogen-bond donors (Lipinski definition) is 3. The summed E-state index contributed by atoms with van der Waals surface area (Å²) >= 11 is 0. The Morgan fingerprint density at radius 2 is 2.36 bits per heavy atom. The van der Waals surface area contributed by atoms with Crippen LogP contribution in [0.3, 0.4) is 0 Å². The molecule has 2 amide bonds. The standard InChI is InChI=1S/C18H24N4O3/c1-25-12-13-4-2-5-14(10-13)20-18(24)21-16-6-3-7-17-15(16)11-19-22(17)8-9-23/h2,4-5,10-11,16,23H,3,6-9,12H2,1H3,(H2,20,21,24). The third-order valence-electron chi connectivity index (χ3n) is 4.38. The number of benzene rings is 1. The minimum absolute atomic E-state index is 0.0571. The maximum Gasteiger partial charge on any atom is 0.319 e. The monoisotopic (exact) mass is 344 g/mol. The summed E-state index contributed by atoms with van der Waals surface area (Å²) in [5.74, 6) is 0. The highest BCUT2D eigenvalue weighted by atomic mass is 16.5. The second-order valence-electron chi connectivity index (χ2n) is 6.17. The van der Waals surface area contributed by atoms with E-state index in [1.165, 1.54) is 0 Å². The number of nitrogens with zero attached hydrogens (tertiary/aromatic N) is 2. The zero-order chi connectivity index (χ0) is 17.6. The van der Waals surface area contributed by atoms with E-state index < -0.39 is 0 Å². The average Bonchev–Trinajstić information content (AvgIpc) is 3.00. The summed E-state index contributed by atoms with van der Waals surface area (Å²) in [6.45, 7) is 1.05. The fraction of sp³-hybridized carbons (Fsp3) is 0.444. The van der Waals surface area contributed by atoms with Crippen molar-refractivity contribution in [2.45, 2.75) is 38.5 Å². The number of nitrogens with one attached hydrogen (secondary N) is 2. The lowest BCUT2D eigenvalue weighted by Gasteiger charge is -2.24. The van der Waals surface area contributed by atoms with E-state index in [1.807, 2.05) is 28.9 Å². The number of aliphatic hydroxyl groups is 1. The highest BCUT2D eigenvalue weighted by Crippen LogP contribution is 2.29. The molecular weight excluding hydrogens is 320 g/mol. The molecule has 0 spiro atoms. The predicted molar refractivity (Wildman–Crippen MR) is 94.3 cm³/mol. The number of rotatable bonds is 6. The van der Waals surface area contributed by atoms with Crippen LogP contribution in [0.4, 0.5) is 10.5 Å². The van der Waals surface area contributed by atoms with Gasteiger partial charge in [0, 0.05) is 24.1 Å². The van der Waals surface area contributed by atoms with Gasteiger partial charge < -0.3 is 20.5 Å². The zero-order valence-electron chi connectivity index (χ0n) is 14.4. The molecule has 0 aliphatic heterocycles. The van der Waals surface area contributed by atoms with Crippen LogP contribution in [0.1, 0.15) is 35.7 Å². The first-order valence-electron chi connectivity index (χ1n) is 8.52. The minimum Gasteiger partial charge on any atom is -0.394 e. The predicted octanol–water partition coefficient (Wildman–Crippen LogP) is 2.22. The van der Waals surface area contributed by atoms with Crippen molar-refractivity contribution in [1.29, 1.82) is 0 Å². The average molecular weight is 344 g/mol. The topological polar surface area (TPSA) is 88.4 Å². The van der Waals surface area contributed by atoms with Crippen LogP contribution in [0.5, 0.6) is 0 Å². The molecule has 134 valence electrons. The van der Waals surface area contributed by atoms with Gasteiger partial charge in [-0.2, -0.15) is 5.10 Å². The van der Waals surface area contributed by atoms with Crippen LogP contribution < -0.4 is 10.6 Å². The van der Waals surface area contributed by atoms with Crippen LogP contribution in [-0.2, 0) is 24.3 Å². The second kappa shape index (κ2) is 8.13. The van der Waals surface area contributed by atoms with E-state index in [1.54, 1.807) is 13.3 Å². The van der Waals surface area contributed by atoms with Crippen molar-refractivity contribution in [3.05, 3.63) is 47.3 Å². The molecule has 1 aliphatic rings. The highest BCUT2D eigenvalue weighted by Gasteiger charge is 2.25. The van der Waals surface area contributed by atoms with Gasteiger partial charge in [0.25, 0.3) is 0 Å². The van der Waals surface area contributed by atoms with E-state index in [9.17, 15) is 4.79 Å². The van der Waals surface area contributed by atoms with Gasteiger partial charge in [-0.1, -0.05) is 12.1 Å². The summed E-state index contributed by atoms with van der Waals surface area (Å²) in [5, 5.41) is 19.4. The lowest BCUT2D eigenvalue weighted by Crippen LogP contribution is -2.34. The fourth-order valence-electron chi connectivity index (χ4n) is 3.29. The molecule has 0 bridgehead atoms. The normalized spacial score (nSPS) is 16.3. The Hall–Kier alpha value is -2.38. The Bertz CT molecular complexity index is 729. The zero-order valence-corrected chi connectivity index (χ0v) is 14.4. The molecule has 1 aromatic heterocycles. The highest BCUT2D eigenvalue weighted by molar-refractivity contribution is 5.89. The quantitative estimate of drug-likeness (QED) is 0.750. The molecule has 1 aliphatic carbocycles. The van der Waals surface area contributed by atoms with Crippen LogP contribution in [0.25, 0.3) is 0 Å². The number of hydrogen-bond acceptors (Lipinski definition) is 4. The third-order valence-corrected chi connectivity index (χ3v) is 4.38. The molecule has 25 heavy (non-hydrogen) atoms. The Balaban J connectivity index is 1.65. The Labute approximate surface area is 147 Å². The Kier molecular flexibility index (Phi) is 5.67. The van der Waals surface area contributed by atoms with Gasteiger partial charge in [0.15, 0.2) is 0 Å². The van der Waals surface area contributed by atoms with Crippen LogP contribution in [0.15, 0.2) is 30.5 Å². The molecule has 0 fully saturated rings. The lowest BCUT2D eigenvalue weighted by atomic mass is 9.93. The van der Waals surface area contributed by atoms with Crippen LogP contribution in [0, 0.1) is 0 Å². The summed E-state index contributed by atoms with van der Waals surface area (Å²) in [5.41, 5.74) is 3.89. The van der Waals surface area contributed by atoms with E-state index in [-0.39, 0.29) is 18.7 Å². The van der Waals surface area contributed by atoms with Gasteiger partial charge >= 0.3 is 6.03 Å². The van der Waals surface area contributed by atoms with Crippen molar-refractivity contribution in [3.8, 4) is 0 Å². The smallest absolute Gasteiger partial charge is 0.319 e. The van der Waals surface area contributed by atoms with Gasteiger partial charge in [-0.15, -0.1) is 0 Å². The summed E-state index contributed by atoms with van der Waals surface area (Å²) in [4.78, 5) is 12.4. The van der Waals surface area contributed by atoms with Gasteiger partial charge in [-0.3, -0.25) is 4.68 Å². The van der Waals surface area contributed by atoms with Crippen molar-refractivity contribution in [1.82, 2.24) is 15.1 Å². The number of methoxy groups -OCH3 is 1. The molecule has 7 heteroatoms. The van der Waals surface area contributed by atoms with E-state index in [2.05, 4.69) is 15.7 Å². The second-order valence-corrected chi connectivity index (χ2v) is 6.17. The summed E-state index contributed by atoms with van der Waals surface area (Å²) < 4.78 is 6.94. The number of ether oxygens (including phenoxy) is 1. The van der Waals surface area contributed by atoms with Gasteiger partial charge in [-0.25, -0.2) is 4.79 Å². The molecule has 0 saturated carbocycles. The minimum atomic E-state index is -0.234. The molecule has 0 saturated heterocycles. The number of anilines is 1. The summed E-state index contributed by atoms with van der Waals surface area (Å²) in [7, 11) is 1.64. The first-order valence-corrected chi connectivity index (χ1v) is 8.52. The first-order chi connectivity index (χ1) is 12.2. The molecule has 1 aromatic carbocycles. The number of aromatic nitrogens is 2. The van der Waals surface area contributed by atoms with Gasteiger partial charge in [0.2, 0.25) is 0 Å². The molecule has 1 atom stereocenters. The van der Waals surface area contributed by atoms with Crippen molar-refractivity contribution < 1.29 is 14.6 Å². The maximum absolute atomic E-state index is 12.4. The number of fused-ring (bicyclic) bond motifs is 1. The SMILES string of the molecule is COCc1cccc(NC(=O)NC2CCCc3c2cnn3CCO)c1. The Morgan fingerprint density at radius 1 is 1.48 bits per heavy atom. The van der Waals surface area contributed by atoms with Crippen molar-refractivity contribution in [3.63, 3.8) is 0 Å². The number of carbonyl (C=O) groups is 1. The van der Waals surface area contributed by atoms with Gasteiger partial charge in [0.05, 0.1) is 32.0 Å². The molecule has 1 unspecified atom stereocenters. The maximum atomic E-state index is 12.4. The van der Waals surface area contributed by atoms with Crippen LogP contribution in [0.2, 0.25) is 0 Å². The third kappa shape index (κ3) is 4.18. The van der Waals surface area contributed by atoms with Gasteiger partial charge in [-0.05, 0) is 37.0 Å². The number of urea groups is 1. The molecule has 3 N–H and O–H groups in total. The lowest BCUT2D eigenvalue weighted by molar-refractivity contribution is 0.185. The van der Waals surface area contributed by atoms with Crippen molar-refractivity contribution in [2.24, 2.45) is 0 Å². The summed E-state index contributed by atoms with van der Waals surface area (Å²) in [6, 6.07) is 7.30. The molecule has 7 nitrogen and oxygen atoms in total. The number of amides is 2.